The fourth-order valence-electron chi connectivity index (χ4n) is 3.49. The second-order valence-electron chi connectivity index (χ2n) is 6.59. The lowest BCUT2D eigenvalue weighted by Gasteiger charge is -2.37. The number of hydrogen-bond donors (Lipinski definition) is 1. The van der Waals surface area contributed by atoms with Crippen molar-refractivity contribution in [3.63, 3.8) is 0 Å². The highest BCUT2D eigenvalue weighted by Gasteiger charge is 2.27. The molecule has 124 valence electrons. The summed E-state index contributed by atoms with van der Waals surface area (Å²) in [4.78, 5) is 17.0. The van der Waals surface area contributed by atoms with Crippen LogP contribution in [0.2, 0.25) is 0 Å². The van der Waals surface area contributed by atoms with Gasteiger partial charge < -0.3 is 9.80 Å². The summed E-state index contributed by atoms with van der Waals surface area (Å²) in [5.74, 6) is -0.114. The Bertz CT molecular complexity index is 558. The third-order valence-electron chi connectivity index (χ3n) is 4.94. The van der Waals surface area contributed by atoms with E-state index in [2.05, 4.69) is 15.1 Å². The van der Waals surface area contributed by atoms with Crippen molar-refractivity contribution in [2.75, 3.05) is 26.2 Å². The molecular formula is C18H25N3OS. The molecule has 1 aromatic carbocycles. The number of piperidine rings is 1. The van der Waals surface area contributed by atoms with Crippen LogP contribution >= 0.6 is 12.2 Å². The van der Waals surface area contributed by atoms with E-state index in [4.69, 9.17) is 12.2 Å². The van der Waals surface area contributed by atoms with E-state index < -0.39 is 0 Å². The molecule has 1 amide bonds. The number of benzene rings is 1. The number of rotatable bonds is 2. The van der Waals surface area contributed by atoms with Gasteiger partial charge in [0, 0.05) is 24.7 Å². The number of likely N-dealkylation sites (tertiary alicyclic amines) is 2. The van der Waals surface area contributed by atoms with Crippen LogP contribution < -0.4 is 5.32 Å². The van der Waals surface area contributed by atoms with Crippen molar-refractivity contribution in [3.05, 3.63) is 35.4 Å². The number of aryl methyl sites for hydroxylation is 1. The van der Waals surface area contributed by atoms with Gasteiger partial charge in [-0.3, -0.25) is 10.1 Å². The van der Waals surface area contributed by atoms with Crippen LogP contribution in [-0.2, 0) is 0 Å². The van der Waals surface area contributed by atoms with Gasteiger partial charge >= 0.3 is 0 Å². The lowest BCUT2D eigenvalue weighted by atomic mass is 10.0. The molecular weight excluding hydrogens is 306 g/mol. The smallest absolute Gasteiger partial charge is 0.257 e. The first-order valence-electron chi connectivity index (χ1n) is 8.54. The maximum Gasteiger partial charge on any atom is 0.257 e. The highest BCUT2D eigenvalue weighted by molar-refractivity contribution is 7.80. The zero-order chi connectivity index (χ0) is 16.2. The van der Waals surface area contributed by atoms with Gasteiger partial charge in [0.1, 0.15) is 0 Å². The van der Waals surface area contributed by atoms with Crippen molar-refractivity contribution >= 4 is 23.2 Å². The summed E-state index contributed by atoms with van der Waals surface area (Å²) in [5.41, 5.74) is 1.80. The second-order valence-corrected chi connectivity index (χ2v) is 6.97. The molecule has 0 aromatic heterocycles. The monoisotopic (exact) mass is 331 g/mol. The third-order valence-corrected chi connectivity index (χ3v) is 5.30. The molecule has 0 spiro atoms. The van der Waals surface area contributed by atoms with Crippen LogP contribution in [0.3, 0.4) is 0 Å². The van der Waals surface area contributed by atoms with E-state index in [1.165, 1.54) is 25.9 Å². The van der Waals surface area contributed by atoms with Crippen molar-refractivity contribution in [3.8, 4) is 0 Å². The Morgan fingerprint density at radius 3 is 2.30 bits per heavy atom. The molecule has 0 atom stereocenters. The molecule has 0 bridgehead atoms. The summed E-state index contributed by atoms with van der Waals surface area (Å²) in [6.45, 7) is 6.39. The summed E-state index contributed by atoms with van der Waals surface area (Å²) in [5, 5.41) is 3.44. The van der Waals surface area contributed by atoms with E-state index in [-0.39, 0.29) is 5.91 Å². The number of carbonyl (C=O) groups is 1. The van der Waals surface area contributed by atoms with Crippen LogP contribution in [0.15, 0.2) is 24.3 Å². The molecule has 2 aliphatic heterocycles. The van der Waals surface area contributed by atoms with Crippen LogP contribution in [0.1, 0.15) is 41.6 Å². The Balaban J connectivity index is 1.49. The lowest BCUT2D eigenvalue weighted by Crippen LogP contribution is -2.50. The Morgan fingerprint density at radius 1 is 1.09 bits per heavy atom. The molecule has 0 unspecified atom stereocenters. The first-order valence-corrected chi connectivity index (χ1v) is 8.95. The lowest BCUT2D eigenvalue weighted by molar-refractivity contribution is 0.0969. The minimum absolute atomic E-state index is 0.114. The van der Waals surface area contributed by atoms with E-state index in [9.17, 15) is 4.79 Å². The predicted molar refractivity (Wildman–Crippen MR) is 96.6 cm³/mol. The van der Waals surface area contributed by atoms with Crippen LogP contribution in [0, 0.1) is 6.92 Å². The van der Waals surface area contributed by atoms with E-state index in [1.54, 1.807) is 0 Å². The maximum atomic E-state index is 12.2. The van der Waals surface area contributed by atoms with Crippen molar-refractivity contribution in [2.45, 2.75) is 38.6 Å². The van der Waals surface area contributed by atoms with Gasteiger partial charge in [-0.2, -0.15) is 0 Å². The van der Waals surface area contributed by atoms with Crippen LogP contribution in [0.25, 0.3) is 0 Å². The number of amides is 1. The molecule has 2 saturated heterocycles. The summed E-state index contributed by atoms with van der Waals surface area (Å²) in [7, 11) is 0. The standard InChI is InChI=1S/C18H25N3OS/c1-14-4-6-15(7-5-14)17(22)19-18(23)21-12-8-16(9-13-21)20-10-2-3-11-20/h4-7,16H,2-3,8-13H2,1H3,(H,19,22,23). The number of hydrogen-bond acceptors (Lipinski definition) is 3. The third kappa shape index (κ3) is 4.09. The van der Waals surface area contributed by atoms with Crippen molar-refractivity contribution in [2.24, 2.45) is 0 Å². The quantitative estimate of drug-likeness (QED) is 0.845. The molecule has 5 heteroatoms. The number of carbonyl (C=O) groups excluding carboxylic acids is 1. The number of nitrogens with zero attached hydrogens (tertiary/aromatic N) is 2. The van der Waals surface area contributed by atoms with Crippen molar-refractivity contribution in [1.82, 2.24) is 15.1 Å². The van der Waals surface area contributed by atoms with Crippen LogP contribution in [-0.4, -0.2) is 53.0 Å². The minimum Gasteiger partial charge on any atom is -0.349 e. The average molecular weight is 331 g/mol. The maximum absolute atomic E-state index is 12.2. The van der Waals surface area contributed by atoms with E-state index >= 15 is 0 Å². The van der Waals surface area contributed by atoms with Gasteiger partial charge in [0.25, 0.3) is 5.91 Å². The highest BCUT2D eigenvalue weighted by atomic mass is 32.1. The summed E-state index contributed by atoms with van der Waals surface area (Å²) in [6.07, 6.45) is 4.96. The Morgan fingerprint density at radius 2 is 1.70 bits per heavy atom. The molecule has 2 fully saturated rings. The van der Waals surface area contributed by atoms with Gasteiger partial charge in [0.2, 0.25) is 0 Å². The van der Waals surface area contributed by atoms with Crippen LogP contribution in [0.4, 0.5) is 0 Å². The first-order chi connectivity index (χ1) is 11.1. The zero-order valence-corrected chi connectivity index (χ0v) is 14.6. The normalized spacial score (nSPS) is 19.8. The van der Waals surface area contributed by atoms with E-state index in [0.29, 0.717) is 16.7 Å². The fraction of sp³-hybridized carbons (Fsp3) is 0.556. The van der Waals surface area contributed by atoms with Gasteiger partial charge in [-0.05, 0) is 70.0 Å². The molecule has 1 N–H and O–H groups in total. The van der Waals surface area contributed by atoms with Gasteiger partial charge in [-0.1, -0.05) is 17.7 Å². The Hall–Kier alpha value is -1.46. The van der Waals surface area contributed by atoms with Crippen molar-refractivity contribution < 1.29 is 4.79 Å². The molecule has 23 heavy (non-hydrogen) atoms. The van der Waals surface area contributed by atoms with Gasteiger partial charge in [-0.15, -0.1) is 0 Å². The minimum atomic E-state index is -0.114. The molecule has 0 saturated carbocycles. The van der Waals surface area contributed by atoms with Gasteiger partial charge in [0.15, 0.2) is 5.11 Å². The Kier molecular flexibility index (Phi) is 5.28. The fourth-order valence-corrected chi connectivity index (χ4v) is 3.77. The molecule has 2 heterocycles. The Labute approximate surface area is 143 Å². The average Bonchev–Trinajstić information content (AvgIpc) is 3.10. The van der Waals surface area contributed by atoms with Gasteiger partial charge in [-0.25, -0.2) is 0 Å². The number of thiocarbonyl (C=S) groups is 1. The first kappa shape index (κ1) is 16.4. The second kappa shape index (κ2) is 7.41. The molecule has 0 aliphatic carbocycles. The largest absolute Gasteiger partial charge is 0.349 e. The van der Waals surface area contributed by atoms with Crippen LogP contribution in [0.5, 0.6) is 0 Å². The van der Waals surface area contributed by atoms with Crippen molar-refractivity contribution in [1.29, 1.82) is 0 Å². The molecule has 3 rings (SSSR count). The summed E-state index contributed by atoms with van der Waals surface area (Å²) < 4.78 is 0. The molecule has 2 aliphatic rings. The summed E-state index contributed by atoms with van der Waals surface area (Å²) in [6, 6.07) is 8.27. The number of nitrogens with one attached hydrogen (secondary N) is 1. The molecule has 4 nitrogen and oxygen atoms in total. The van der Waals surface area contributed by atoms with Gasteiger partial charge in [0.05, 0.1) is 0 Å². The molecule has 1 aromatic rings. The van der Waals surface area contributed by atoms with E-state index in [0.717, 1.165) is 31.5 Å². The predicted octanol–water partition coefficient (Wildman–Crippen LogP) is 2.57. The highest BCUT2D eigenvalue weighted by Crippen LogP contribution is 2.21. The SMILES string of the molecule is Cc1ccc(C(=O)NC(=S)N2CCC(N3CCCC3)CC2)cc1. The molecule has 0 radical (unpaired) electrons. The topological polar surface area (TPSA) is 35.6 Å². The van der Waals surface area contributed by atoms with E-state index in [1.807, 2.05) is 31.2 Å². The summed E-state index contributed by atoms with van der Waals surface area (Å²) >= 11 is 5.43. The zero-order valence-electron chi connectivity index (χ0n) is 13.8.